The van der Waals surface area contributed by atoms with Crippen LogP contribution in [0.2, 0.25) is 0 Å². The maximum Gasteiger partial charge on any atom is 0.126 e. The number of benzene rings is 1. The standard InChI is InChI=1S/C11H12FN3S/c12-9-4-2-1-3-8(9)5-10(15-13)11-6-16-7-14-11/h1-4,6-7,10,15H,5,13H2. The molecule has 16 heavy (non-hydrogen) atoms. The highest BCUT2D eigenvalue weighted by Crippen LogP contribution is 2.19. The van der Waals surface area contributed by atoms with Gasteiger partial charge in [0.15, 0.2) is 0 Å². The van der Waals surface area contributed by atoms with E-state index in [1.807, 2.05) is 11.4 Å². The van der Waals surface area contributed by atoms with Gasteiger partial charge < -0.3 is 0 Å². The lowest BCUT2D eigenvalue weighted by Crippen LogP contribution is -2.30. The molecule has 0 radical (unpaired) electrons. The fourth-order valence-corrected chi connectivity index (χ4v) is 2.13. The van der Waals surface area contributed by atoms with Crippen LogP contribution in [0.15, 0.2) is 35.2 Å². The van der Waals surface area contributed by atoms with Crippen LogP contribution < -0.4 is 11.3 Å². The van der Waals surface area contributed by atoms with Gasteiger partial charge >= 0.3 is 0 Å². The topological polar surface area (TPSA) is 50.9 Å². The fraction of sp³-hybridized carbons (Fsp3) is 0.182. The van der Waals surface area contributed by atoms with Crippen molar-refractivity contribution in [3.63, 3.8) is 0 Å². The van der Waals surface area contributed by atoms with Crippen LogP contribution in [-0.4, -0.2) is 4.98 Å². The van der Waals surface area contributed by atoms with Crippen LogP contribution in [0.3, 0.4) is 0 Å². The molecule has 1 aromatic carbocycles. The summed E-state index contributed by atoms with van der Waals surface area (Å²) in [5.74, 6) is 5.24. The molecule has 0 aliphatic rings. The average Bonchev–Trinajstić information content (AvgIpc) is 2.81. The molecule has 0 aliphatic carbocycles. The molecule has 0 saturated carbocycles. The first-order valence-corrected chi connectivity index (χ1v) is 5.83. The highest BCUT2D eigenvalue weighted by Gasteiger charge is 2.14. The zero-order chi connectivity index (χ0) is 11.4. The summed E-state index contributed by atoms with van der Waals surface area (Å²) in [7, 11) is 0. The normalized spacial score (nSPS) is 12.6. The van der Waals surface area contributed by atoms with Gasteiger partial charge in [0.25, 0.3) is 0 Å². The summed E-state index contributed by atoms with van der Waals surface area (Å²) in [5, 5.41) is 1.91. The highest BCUT2D eigenvalue weighted by molar-refractivity contribution is 7.07. The van der Waals surface area contributed by atoms with Gasteiger partial charge in [-0.25, -0.2) is 9.37 Å². The maximum absolute atomic E-state index is 13.4. The number of thiazole rings is 1. The van der Waals surface area contributed by atoms with Crippen molar-refractivity contribution in [3.05, 3.63) is 52.2 Å². The van der Waals surface area contributed by atoms with Crippen molar-refractivity contribution >= 4 is 11.3 Å². The Balaban J connectivity index is 2.17. The summed E-state index contributed by atoms with van der Waals surface area (Å²) >= 11 is 1.50. The summed E-state index contributed by atoms with van der Waals surface area (Å²) in [5.41, 5.74) is 5.88. The summed E-state index contributed by atoms with van der Waals surface area (Å²) in [6, 6.07) is 6.54. The third-order valence-corrected chi connectivity index (χ3v) is 3.00. The van der Waals surface area contributed by atoms with E-state index in [9.17, 15) is 4.39 Å². The molecule has 0 spiro atoms. The molecular weight excluding hydrogens is 225 g/mol. The number of hydrazine groups is 1. The number of nitrogens with one attached hydrogen (secondary N) is 1. The van der Waals surface area contributed by atoms with Gasteiger partial charge in [-0.05, 0) is 18.1 Å². The van der Waals surface area contributed by atoms with Crippen LogP contribution in [0.5, 0.6) is 0 Å². The Morgan fingerprint density at radius 2 is 2.25 bits per heavy atom. The van der Waals surface area contributed by atoms with E-state index >= 15 is 0 Å². The Morgan fingerprint density at radius 1 is 1.44 bits per heavy atom. The minimum atomic E-state index is -0.210. The molecule has 5 heteroatoms. The predicted molar refractivity (Wildman–Crippen MR) is 62.3 cm³/mol. The van der Waals surface area contributed by atoms with Crippen molar-refractivity contribution in [1.82, 2.24) is 10.4 Å². The lowest BCUT2D eigenvalue weighted by molar-refractivity contribution is 0.521. The fourth-order valence-electron chi connectivity index (χ4n) is 1.53. The van der Waals surface area contributed by atoms with Gasteiger partial charge in [0, 0.05) is 5.38 Å². The number of rotatable bonds is 4. The predicted octanol–water partition coefficient (Wildman–Crippen LogP) is 2.03. The molecule has 1 unspecified atom stereocenters. The molecule has 2 aromatic rings. The molecule has 0 aliphatic heterocycles. The summed E-state index contributed by atoms with van der Waals surface area (Å²) in [4.78, 5) is 4.17. The zero-order valence-corrected chi connectivity index (χ0v) is 9.38. The number of halogens is 1. The minimum absolute atomic E-state index is 0.150. The quantitative estimate of drug-likeness (QED) is 0.632. The van der Waals surface area contributed by atoms with Crippen molar-refractivity contribution in [3.8, 4) is 0 Å². The number of hydrogen-bond donors (Lipinski definition) is 2. The molecule has 3 N–H and O–H groups in total. The monoisotopic (exact) mass is 237 g/mol. The molecule has 1 atom stereocenters. The molecule has 1 aromatic heterocycles. The smallest absolute Gasteiger partial charge is 0.126 e. The van der Waals surface area contributed by atoms with E-state index < -0.39 is 0 Å². The molecule has 0 fully saturated rings. The molecule has 0 bridgehead atoms. The van der Waals surface area contributed by atoms with Crippen molar-refractivity contribution < 1.29 is 4.39 Å². The number of aromatic nitrogens is 1. The van der Waals surface area contributed by atoms with Gasteiger partial charge in [0.1, 0.15) is 5.82 Å². The number of nitrogens with two attached hydrogens (primary N) is 1. The van der Waals surface area contributed by atoms with Gasteiger partial charge in [-0.2, -0.15) is 0 Å². The first-order chi connectivity index (χ1) is 7.81. The second-order valence-corrected chi connectivity index (χ2v) is 4.15. The summed E-state index contributed by atoms with van der Waals surface area (Å²) < 4.78 is 13.4. The lowest BCUT2D eigenvalue weighted by atomic mass is 10.0. The van der Waals surface area contributed by atoms with Crippen LogP contribution in [0, 0.1) is 5.82 Å². The minimum Gasteiger partial charge on any atom is -0.271 e. The Kier molecular flexibility index (Phi) is 3.61. The van der Waals surface area contributed by atoms with Gasteiger partial charge in [0.05, 0.1) is 17.2 Å². The molecular formula is C11H12FN3S. The molecule has 3 nitrogen and oxygen atoms in total. The lowest BCUT2D eigenvalue weighted by Gasteiger charge is -2.13. The van der Waals surface area contributed by atoms with E-state index in [-0.39, 0.29) is 11.9 Å². The molecule has 1 heterocycles. The van der Waals surface area contributed by atoms with Crippen LogP contribution >= 0.6 is 11.3 Å². The van der Waals surface area contributed by atoms with E-state index in [2.05, 4.69) is 10.4 Å². The maximum atomic E-state index is 13.4. The van der Waals surface area contributed by atoms with E-state index in [1.54, 1.807) is 17.6 Å². The van der Waals surface area contributed by atoms with Gasteiger partial charge in [0.2, 0.25) is 0 Å². The van der Waals surface area contributed by atoms with Crippen molar-refractivity contribution in [2.75, 3.05) is 0 Å². The first-order valence-electron chi connectivity index (χ1n) is 4.89. The van der Waals surface area contributed by atoms with E-state index in [0.29, 0.717) is 12.0 Å². The van der Waals surface area contributed by atoms with Gasteiger partial charge in [-0.3, -0.25) is 11.3 Å². The molecule has 2 rings (SSSR count). The van der Waals surface area contributed by atoms with E-state index in [0.717, 1.165) is 5.69 Å². The molecule has 0 amide bonds. The average molecular weight is 237 g/mol. The van der Waals surface area contributed by atoms with Crippen molar-refractivity contribution in [2.24, 2.45) is 5.84 Å². The third kappa shape index (κ3) is 2.44. The number of nitrogens with zero attached hydrogens (tertiary/aromatic N) is 1. The Morgan fingerprint density at radius 3 is 2.88 bits per heavy atom. The Hall–Kier alpha value is -1.30. The number of hydrogen-bond acceptors (Lipinski definition) is 4. The van der Waals surface area contributed by atoms with E-state index in [1.165, 1.54) is 17.4 Å². The van der Waals surface area contributed by atoms with Crippen molar-refractivity contribution in [1.29, 1.82) is 0 Å². The second kappa shape index (κ2) is 5.16. The zero-order valence-electron chi connectivity index (χ0n) is 8.56. The van der Waals surface area contributed by atoms with Crippen molar-refractivity contribution in [2.45, 2.75) is 12.5 Å². The summed E-state index contributed by atoms with van der Waals surface area (Å²) in [6.45, 7) is 0. The highest BCUT2D eigenvalue weighted by atomic mass is 32.1. The third-order valence-electron chi connectivity index (χ3n) is 2.39. The van der Waals surface area contributed by atoms with Crippen LogP contribution in [0.25, 0.3) is 0 Å². The molecule has 0 saturated heterocycles. The van der Waals surface area contributed by atoms with Crippen LogP contribution in [0.4, 0.5) is 4.39 Å². The van der Waals surface area contributed by atoms with E-state index in [4.69, 9.17) is 5.84 Å². The van der Waals surface area contributed by atoms with Gasteiger partial charge in [-0.1, -0.05) is 18.2 Å². The Labute approximate surface area is 97.1 Å². The van der Waals surface area contributed by atoms with Crippen LogP contribution in [-0.2, 0) is 6.42 Å². The second-order valence-electron chi connectivity index (χ2n) is 3.43. The SMILES string of the molecule is NNC(Cc1ccccc1F)c1cscn1. The Bertz CT molecular complexity index is 444. The largest absolute Gasteiger partial charge is 0.271 e. The van der Waals surface area contributed by atoms with Crippen LogP contribution in [0.1, 0.15) is 17.3 Å². The van der Waals surface area contributed by atoms with Gasteiger partial charge in [-0.15, -0.1) is 11.3 Å². The molecule has 84 valence electrons. The summed E-state index contributed by atoms with van der Waals surface area (Å²) in [6.07, 6.45) is 0.493. The first kappa shape index (κ1) is 11.2.